The lowest BCUT2D eigenvalue weighted by molar-refractivity contribution is 0.284. The molecule has 2 aliphatic rings. The summed E-state index contributed by atoms with van der Waals surface area (Å²) in [7, 11) is 0. The second kappa shape index (κ2) is 10.0. The van der Waals surface area contributed by atoms with Crippen molar-refractivity contribution in [2.45, 2.75) is 25.8 Å². The summed E-state index contributed by atoms with van der Waals surface area (Å²) in [4.78, 5) is 16.9. The zero-order chi connectivity index (χ0) is 24.3. The van der Waals surface area contributed by atoms with Crippen LogP contribution in [0.2, 0.25) is 0 Å². The topological polar surface area (TPSA) is 84.9 Å². The van der Waals surface area contributed by atoms with E-state index in [9.17, 15) is 0 Å². The highest BCUT2D eigenvalue weighted by Gasteiger charge is 2.19. The number of anilines is 1. The highest BCUT2D eigenvalue weighted by Crippen LogP contribution is 2.31. The number of allylic oxidation sites excluding steroid dienone is 4. The van der Waals surface area contributed by atoms with Crippen LogP contribution in [-0.4, -0.2) is 50.6 Å². The molecule has 3 N–H and O–H groups in total. The van der Waals surface area contributed by atoms with E-state index in [4.69, 9.17) is 15.7 Å². The van der Waals surface area contributed by atoms with Crippen LogP contribution in [0.5, 0.6) is 0 Å². The third-order valence-corrected chi connectivity index (χ3v) is 6.91. The number of benzene rings is 1. The fourth-order valence-electron chi connectivity index (χ4n) is 5.02. The fraction of sp³-hybridized carbons (Fsp3) is 0.276. The van der Waals surface area contributed by atoms with E-state index >= 15 is 0 Å². The van der Waals surface area contributed by atoms with Gasteiger partial charge in [-0.2, -0.15) is 0 Å². The van der Waals surface area contributed by atoms with Crippen molar-refractivity contribution in [1.29, 1.82) is 0 Å². The highest BCUT2D eigenvalue weighted by molar-refractivity contribution is 5.85. The van der Waals surface area contributed by atoms with Crippen LogP contribution in [0.4, 0.5) is 5.82 Å². The van der Waals surface area contributed by atoms with Crippen LogP contribution in [0.25, 0.3) is 33.8 Å². The summed E-state index contributed by atoms with van der Waals surface area (Å²) < 4.78 is 2.11. The number of hydrogen-bond donors (Lipinski definition) is 2. The molecule has 0 radical (unpaired) electrons. The standard InChI is InChI=1S/C29H31N7/c30-27-24(8-4-16-32-27)28-34-26-14-13-25(22-6-2-1-3-7-22)33-29(26)36(28)23-11-9-21(10-12-23)20-35-18-5-15-31-17-19-35/h2,4,6-14,16,31H,1,3,5,15,17-20H2,(H2,30,32). The summed E-state index contributed by atoms with van der Waals surface area (Å²) in [6.45, 7) is 5.31. The molecule has 4 heterocycles. The van der Waals surface area contributed by atoms with E-state index in [1.165, 1.54) is 12.0 Å². The molecule has 0 saturated carbocycles. The van der Waals surface area contributed by atoms with E-state index in [2.05, 4.69) is 74.4 Å². The van der Waals surface area contributed by atoms with E-state index in [1.54, 1.807) is 6.20 Å². The molecule has 0 amide bonds. The summed E-state index contributed by atoms with van der Waals surface area (Å²) in [5.74, 6) is 1.21. The molecular formula is C29H31N7. The molecule has 4 aromatic rings. The van der Waals surface area contributed by atoms with Gasteiger partial charge in [0.1, 0.15) is 11.3 Å². The van der Waals surface area contributed by atoms with Crippen molar-refractivity contribution in [2.75, 3.05) is 31.9 Å². The second-order valence-corrected chi connectivity index (χ2v) is 9.43. The zero-order valence-electron chi connectivity index (χ0n) is 20.4. The maximum atomic E-state index is 6.30. The molecule has 36 heavy (non-hydrogen) atoms. The molecule has 0 atom stereocenters. The Hall–Kier alpha value is -3.81. The van der Waals surface area contributed by atoms with Crippen molar-refractivity contribution < 1.29 is 0 Å². The maximum absolute atomic E-state index is 6.30. The van der Waals surface area contributed by atoms with Gasteiger partial charge in [0.05, 0.1) is 11.3 Å². The third-order valence-electron chi connectivity index (χ3n) is 6.91. The quantitative estimate of drug-likeness (QED) is 0.437. The van der Waals surface area contributed by atoms with Crippen molar-refractivity contribution in [3.8, 4) is 17.1 Å². The molecular weight excluding hydrogens is 446 g/mol. The van der Waals surface area contributed by atoms with Gasteiger partial charge in [-0.25, -0.2) is 15.0 Å². The van der Waals surface area contributed by atoms with E-state index in [-0.39, 0.29) is 0 Å². The number of hydrogen-bond acceptors (Lipinski definition) is 6. The number of nitrogens with two attached hydrogens (primary N) is 1. The van der Waals surface area contributed by atoms with Crippen LogP contribution in [0.1, 0.15) is 30.5 Å². The van der Waals surface area contributed by atoms with Gasteiger partial charge in [-0.15, -0.1) is 0 Å². The zero-order valence-corrected chi connectivity index (χ0v) is 20.4. The lowest BCUT2D eigenvalue weighted by Gasteiger charge is -2.19. The number of pyridine rings is 2. The third kappa shape index (κ3) is 4.55. The van der Waals surface area contributed by atoms with Gasteiger partial charge in [0, 0.05) is 31.5 Å². The normalized spacial score (nSPS) is 16.7. The number of rotatable bonds is 5. The molecule has 3 aromatic heterocycles. The molecule has 0 spiro atoms. The van der Waals surface area contributed by atoms with E-state index in [1.807, 2.05) is 12.1 Å². The van der Waals surface area contributed by atoms with Gasteiger partial charge < -0.3 is 11.1 Å². The number of aromatic nitrogens is 4. The molecule has 1 aliphatic heterocycles. The van der Waals surface area contributed by atoms with E-state index in [0.717, 1.165) is 85.1 Å². The van der Waals surface area contributed by atoms with E-state index in [0.29, 0.717) is 5.82 Å². The molecule has 6 rings (SSSR count). The molecule has 7 heteroatoms. The average molecular weight is 478 g/mol. The van der Waals surface area contributed by atoms with Crippen LogP contribution in [0, 0.1) is 0 Å². The van der Waals surface area contributed by atoms with Gasteiger partial charge in [-0.3, -0.25) is 9.47 Å². The minimum absolute atomic E-state index is 0.457. The summed E-state index contributed by atoms with van der Waals surface area (Å²) in [6, 6.07) is 16.7. The second-order valence-electron chi connectivity index (χ2n) is 9.43. The van der Waals surface area contributed by atoms with Gasteiger partial charge in [0.15, 0.2) is 11.5 Å². The first-order valence-electron chi connectivity index (χ1n) is 12.8. The lowest BCUT2D eigenvalue weighted by atomic mass is 10.0. The van der Waals surface area contributed by atoms with Crippen LogP contribution >= 0.6 is 0 Å². The van der Waals surface area contributed by atoms with Gasteiger partial charge in [0.2, 0.25) is 0 Å². The van der Waals surface area contributed by atoms with Crippen LogP contribution in [0.3, 0.4) is 0 Å². The number of nitrogens with zero attached hydrogens (tertiary/aromatic N) is 5. The average Bonchev–Trinajstić information content (AvgIpc) is 3.10. The Labute approximate surface area is 211 Å². The lowest BCUT2D eigenvalue weighted by Crippen LogP contribution is -2.27. The molecule has 7 nitrogen and oxygen atoms in total. The molecule has 1 saturated heterocycles. The Kier molecular flexibility index (Phi) is 6.32. The predicted octanol–water partition coefficient (Wildman–Crippen LogP) is 4.59. The van der Waals surface area contributed by atoms with Crippen LogP contribution < -0.4 is 11.1 Å². The molecule has 0 bridgehead atoms. The Morgan fingerprint density at radius 1 is 0.944 bits per heavy atom. The monoisotopic (exact) mass is 477 g/mol. The summed E-state index contributed by atoms with van der Waals surface area (Å²) in [5.41, 5.74) is 13.2. The number of nitrogen functional groups attached to an aromatic ring is 1. The smallest absolute Gasteiger partial charge is 0.165 e. The molecule has 0 unspecified atom stereocenters. The van der Waals surface area contributed by atoms with Crippen molar-refractivity contribution in [3.63, 3.8) is 0 Å². The molecule has 1 aliphatic carbocycles. The van der Waals surface area contributed by atoms with Crippen molar-refractivity contribution in [3.05, 3.63) is 84.2 Å². The Morgan fingerprint density at radius 2 is 1.86 bits per heavy atom. The Bertz CT molecular complexity index is 1420. The first-order chi connectivity index (χ1) is 17.8. The number of imidazole rings is 1. The van der Waals surface area contributed by atoms with Gasteiger partial charge in [-0.05, 0) is 79.9 Å². The predicted molar refractivity (Wildman–Crippen MR) is 146 cm³/mol. The maximum Gasteiger partial charge on any atom is 0.165 e. The Balaban J connectivity index is 1.43. The minimum atomic E-state index is 0.457. The van der Waals surface area contributed by atoms with E-state index < -0.39 is 0 Å². The molecule has 1 fully saturated rings. The minimum Gasteiger partial charge on any atom is -0.383 e. The number of nitrogens with one attached hydrogen (secondary N) is 1. The molecule has 1 aromatic carbocycles. The Morgan fingerprint density at radius 3 is 2.69 bits per heavy atom. The van der Waals surface area contributed by atoms with Crippen LogP contribution in [0.15, 0.2) is 73.0 Å². The highest BCUT2D eigenvalue weighted by atomic mass is 15.2. The summed E-state index contributed by atoms with van der Waals surface area (Å²) in [5, 5.41) is 3.48. The fourth-order valence-corrected chi connectivity index (χ4v) is 5.02. The van der Waals surface area contributed by atoms with Crippen LogP contribution in [-0.2, 0) is 6.54 Å². The first-order valence-corrected chi connectivity index (χ1v) is 12.8. The largest absolute Gasteiger partial charge is 0.383 e. The van der Waals surface area contributed by atoms with Crippen molar-refractivity contribution >= 4 is 22.6 Å². The van der Waals surface area contributed by atoms with Gasteiger partial charge in [-0.1, -0.05) is 30.4 Å². The SMILES string of the molecule is Nc1ncccc1-c1nc2ccc(C3=CCCC=C3)nc2n1-c1ccc(CN2CCCNCC2)cc1. The molecule has 182 valence electrons. The van der Waals surface area contributed by atoms with Gasteiger partial charge >= 0.3 is 0 Å². The van der Waals surface area contributed by atoms with Crippen molar-refractivity contribution in [1.82, 2.24) is 29.7 Å². The summed E-state index contributed by atoms with van der Waals surface area (Å²) >= 11 is 0. The first kappa shape index (κ1) is 22.6. The van der Waals surface area contributed by atoms with Crippen molar-refractivity contribution in [2.24, 2.45) is 0 Å². The summed E-state index contributed by atoms with van der Waals surface area (Å²) in [6.07, 6.45) is 11.6. The van der Waals surface area contributed by atoms with Gasteiger partial charge in [0.25, 0.3) is 0 Å². The number of fused-ring (bicyclic) bond motifs is 1.